The van der Waals surface area contributed by atoms with Gasteiger partial charge >= 0.3 is 0 Å². The molecule has 2 heterocycles. The van der Waals surface area contributed by atoms with E-state index < -0.39 is 5.92 Å². The molecule has 1 aliphatic heterocycles. The van der Waals surface area contributed by atoms with Gasteiger partial charge in [0.05, 0.1) is 11.6 Å². The lowest BCUT2D eigenvalue weighted by molar-refractivity contribution is -0.134. The number of hydrogen-bond acceptors (Lipinski definition) is 5. The standard InChI is InChI=1S/C10H9N3O3/c14-4-6-3-8(12-5-11-6)7-1-2-9(15)13-10(7)16/h3-5,7H,1-2H2,(H,13,15,16). The molecule has 0 aliphatic carbocycles. The number of aldehydes is 1. The first kappa shape index (κ1) is 10.4. The van der Waals surface area contributed by atoms with Crippen molar-refractivity contribution in [3.63, 3.8) is 0 Å². The van der Waals surface area contributed by atoms with E-state index in [0.717, 1.165) is 0 Å². The van der Waals surface area contributed by atoms with E-state index in [4.69, 9.17) is 0 Å². The van der Waals surface area contributed by atoms with Crippen molar-refractivity contribution in [2.75, 3.05) is 0 Å². The average Bonchev–Trinajstić information content (AvgIpc) is 2.29. The summed E-state index contributed by atoms with van der Waals surface area (Å²) in [4.78, 5) is 40.7. The van der Waals surface area contributed by atoms with Crippen molar-refractivity contribution in [2.24, 2.45) is 0 Å². The van der Waals surface area contributed by atoms with Crippen molar-refractivity contribution in [1.82, 2.24) is 15.3 Å². The fraction of sp³-hybridized carbons (Fsp3) is 0.300. The molecule has 1 aliphatic rings. The molecule has 6 heteroatoms. The summed E-state index contributed by atoms with van der Waals surface area (Å²) in [6.45, 7) is 0. The molecule has 2 amide bonds. The lowest BCUT2D eigenvalue weighted by atomic mass is 9.94. The third-order valence-electron chi connectivity index (χ3n) is 2.43. The van der Waals surface area contributed by atoms with Gasteiger partial charge in [0.2, 0.25) is 11.8 Å². The van der Waals surface area contributed by atoms with Gasteiger partial charge in [0.25, 0.3) is 0 Å². The predicted octanol–water partition coefficient (Wildman–Crippen LogP) is -0.191. The molecular weight excluding hydrogens is 210 g/mol. The van der Waals surface area contributed by atoms with Gasteiger partial charge in [-0.05, 0) is 12.5 Å². The van der Waals surface area contributed by atoms with Crippen LogP contribution in [0, 0.1) is 0 Å². The van der Waals surface area contributed by atoms with Crippen molar-refractivity contribution in [1.29, 1.82) is 0 Å². The van der Waals surface area contributed by atoms with E-state index >= 15 is 0 Å². The summed E-state index contributed by atoms with van der Waals surface area (Å²) in [5, 5.41) is 2.24. The number of imide groups is 1. The molecule has 0 spiro atoms. The van der Waals surface area contributed by atoms with Crippen molar-refractivity contribution >= 4 is 18.1 Å². The van der Waals surface area contributed by atoms with Gasteiger partial charge in [0, 0.05) is 6.42 Å². The molecule has 6 nitrogen and oxygen atoms in total. The fourth-order valence-corrected chi connectivity index (χ4v) is 1.62. The molecule has 82 valence electrons. The molecule has 0 radical (unpaired) electrons. The molecule has 1 saturated heterocycles. The zero-order valence-corrected chi connectivity index (χ0v) is 8.34. The summed E-state index contributed by atoms with van der Waals surface area (Å²) in [7, 11) is 0. The van der Waals surface area contributed by atoms with Crippen LogP contribution in [0.4, 0.5) is 0 Å². The highest BCUT2D eigenvalue weighted by atomic mass is 16.2. The summed E-state index contributed by atoms with van der Waals surface area (Å²) in [6.07, 6.45) is 2.54. The number of hydrogen-bond donors (Lipinski definition) is 1. The Kier molecular flexibility index (Phi) is 2.72. The van der Waals surface area contributed by atoms with Crippen LogP contribution in [-0.4, -0.2) is 28.1 Å². The summed E-state index contributed by atoms with van der Waals surface area (Å²) < 4.78 is 0. The smallest absolute Gasteiger partial charge is 0.235 e. The van der Waals surface area contributed by atoms with E-state index in [1.165, 1.54) is 12.4 Å². The maximum atomic E-state index is 11.5. The molecule has 0 bridgehead atoms. The van der Waals surface area contributed by atoms with Crippen LogP contribution < -0.4 is 5.32 Å². The van der Waals surface area contributed by atoms with E-state index in [2.05, 4.69) is 15.3 Å². The molecule has 1 atom stereocenters. The van der Waals surface area contributed by atoms with Gasteiger partial charge in [-0.25, -0.2) is 9.97 Å². The van der Waals surface area contributed by atoms with Crippen molar-refractivity contribution in [2.45, 2.75) is 18.8 Å². The topological polar surface area (TPSA) is 89.0 Å². The first-order chi connectivity index (χ1) is 7.70. The Morgan fingerprint density at radius 3 is 2.88 bits per heavy atom. The van der Waals surface area contributed by atoms with Crippen LogP contribution in [0.2, 0.25) is 0 Å². The van der Waals surface area contributed by atoms with E-state index in [-0.39, 0.29) is 23.9 Å². The summed E-state index contributed by atoms with van der Waals surface area (Å²) in [5.74, 6) is -1.11. The number of amides is 2. The van der Waals surface area contributed by atoms with Gasteiger partial charge in [-0.1, -0.05) is 0 Å². The third-order valence-corrected chi connectivity index (χ3v) is 2.43. The molecular formula is C10H9N3O3. The average molecular weight is 219 g/mol. The first-order valence-electron chi connectivity index (χ1n) is 4.81. The molecule has 1 aromatic heterocycles. The van der Waals surface area contributed by atoms with E-state index in [1.807, 2.05) is 0 Å². The van der Waals surface area contributed by atoms with E-state index in [0.29, 0.717) is 18.4 Å². The minimum atomic E-state index is -0.473. The number of nitrogens with one attached hydrogen (secondary N) is 1. The van der Waals surface area contributed by atoms with Crippen molar-refractivity contribution in [3.8, 4) is 0 Å². The summed E-state index contributed by atoms with van der Waals surface area (Å²) in [6, 6.07) is 1.47. The van der Waals surface area contributed by atoms with E-state index in [9.17, 15) is 14.4 Å². The number of carbonyl (C=O) groups excluding carboxylic acids is 3. The second kappa shape index (κ2) is 4.18. The number of rotatable bonds is 2. The van der Waals surface area contributed by atoms with Gasteiger partial charge in [-0.15, -0.1) is 0 Å². The summed E-state index contributed by atoms with van der Waals surface area (Å²) >= 11 is 0. The highest BCUT2D eigenvalue weighted by molar-refractivity contribution is 6.00. The normalized spacial score (nSPS) is 20.4. The van der Waals surface area contributed by atoms with Crippen LogP contribution in [-0.2, 0) is 9.59 Å². The van der Waals surface area contributed by atoms with E-state index in [1.54, 1.807) is 0 Å². The van der Waals surface area contributed by atoms with Gasteiger partial charge in [0.1, 0.15) is 12.0 Å². The number of carbonyl (C=O) groups is 3. The first-order valence-corrected chi connectivity index (χ1v) is 4.81. The highest BCUT2D eigenvalue weighted by Crippen LogP contribution is 2.22. The van der Waals surface area contributed by atoms with Gasteiger partial charge in [-0.2, -0.15) is 0 Å². The maximum absolute atomic E-state index is 11.5. The van der Waals surface area contributed by atoms with Crippen LogP contribution >= 0.6 is 0 Å². The quantitative estimate of drug-likeness (QED) is 0.550. The Labute approximate surface area is 91.1 Å². The van der Waals surface area contributed by atoms with Gasteiger partial charge in [-0.3, -0.25) is 19.7 Å². The summed E-state index contributed by atoms with van der Waals surface area (Å²) in [5.41, 5.74) is 0.705. The molecule has 1 unspecified atom stereocenters. The highest BCUT2D eigenvalue weighted by Gasteiger charge is 2.29. The molecule has 0 aromatic carbocycles. The maximum Gasteiger partial charge on any atom is 0.235 e. The predicted molar refractivity (Wildman–Crippen MR) is 52.5 cm³/mol. The molecule has 0 saturated carbocycles. The number of aromatic nitrogens is 2. The zero-order chi connectivity index (χ0) is 11.5. The minimum Gasteiger partial charge on any atom is -0.296 e. The number of nitrogens with zero attached hydrogens (tertiary/aromatic N) is 2. The minimum absolute atomic E-state index is 0.231. The third kappa shape index (κ3) is 1.95. The molecule has 16 heavy (non-hydrogen) atoms. The van der Waals surface area contributed by atoms with Crippen LogP contribution in [0.25, 0.3) is 0 Å². The van der Waals surface area contributed by atoms with Crippen LogP contribution in [0.15, 0.2) is 12.4 Å². The Morgan fingerprint density at radius 1 is 1.38 bits per heavy atom. The lowest BCUT2D eigenvalue weighted by Gasteiger charge is -2.19. The van der Waals surface area contributed by atoms with Gasteiger partial charge < -0.3 is 0 Å². The zero-order valence-electron chi connectivity index (χ0n) is 8.34. The molecule has 2 rings (SSSR count). The lowest BCUT2D eigenvalue weighted by Crippen LogP contribution is -2.39. The Morgan fingerprint density at radius 2 is 2.19 bits per heavy atom. The molecule has 1 aromatic rings. The van der Waals surface area contributed by atoms with Crippen LogP contribution in [0.5, 0.6) is 0 Å². The van der Waals surface area contributed by atoms with Gasteiger partial charge in [0.15, 0.2) is 6.29 Å². The van der Waals surface area contributed by atoms with Crippen LogP contribution in [0.1, 0.15) is 34.9 Å². The Bertz CT molecular complexity index is 458. The Balaban J connectivity index is 2.26. The Hall–Kier alpha value is -2.11. The van der Waals surface area contributed by atoms with Crippen LogP contribution in [0.3, 0.4) is 0 Å². The second-order valence-corrected chi connectivity index (χ2v) is 3.49. The van der Waals surface area contributed by atoms with Crippen molar-refractivity contribution < 1.29 is 14.4 Å². The fourth-order valence-electron chi connectivity index (χ4n) is 1.62. The monoisotopic (exact) mass is 219 g/mol. The molecule has 1 fully saturated rings. The number of piperidine rings is 1. The molecule has 1 N–H and O–H groups in total. The van der Waals surface area contributed by atoms with Crippen molar-refractivity contribution in [3.05, 3.63) is 23.8 Å². The SMILES string of the molecule is O=Cc1cc(C2CCC(=O)NC2=O)ncn1. The largest absolute Gasteiger partial charge is 0.296 e. The second-order valence-electron chi connectivity index (χ2n) is 3.49.